The molecule has 1 aromatic carbocycles. The molecule has 0 saturated carbocycles. The molecule has 0 fully saturated rings. The van der Waals surface area contributed by atoms with Crippen LogP contribution in [0, 0.1) is 0 Å². The molecule has 0 bridgehead atoms. The van der Waals surface area contributed by atoms with Crippen LogP contribution in [0.1, 0.15) is 6.42 Å². The number of amides is 1. The van der Waals surface area contributed by atoms with Crippen LogP contribution in [0.3, 0.4) is 0 Å². The predicted molar refractivity (Wildman–Crippen MR) is 74.3 cm³/mol. The van der Waals surface area contributed by atoms with Crippen LogP contribution in [0.25, 0.3) is 0 Å². The standard InChI is InChI=1S/C13H17N5O2/c14-6-8-20-12-3-1-11(2-4-12)17-13(19)5-7-18-10-15-9-16-18/h1-4,9-10H,5-8,14H2,(H,17,19). The lowest BCUT2D eigenvalue weighted by atomic mass is 10.3. The molecule has 3 N–H and O–H groups in total. The molecular formula is C13H17N5O2. The maximum Gasteiger partial charge on any atom is 0.226 e. The summed E-state index contributed by atoms with van der Waals surface area (Å²) < 4.78 is 6.97. The SMILES string of the molecule is NCCOc1ccc(NC(=O)CCn2cncn2)cc1. The Balaban J connectivity index is 1.78. The Labute approximate surface area is 116 Å². The Morgan fingerprint density at radius 1 is 1.35 bits per heavy atom. The van der Waals surface area contributed by atoms with Crippen molar-refractivity contribution in [3.05, 3.63) is 36.9 Å². The minimum absolute atomic E-state index is 0.0730. The summed E-state index contributed by atoms with van der Waals surface area (Å²) in [4.78, 5) is 15.6. The molecule has 1 heterocycles. The van der Waals surface area contributed by atoms with Crippen molar-refractivity contribution in [2.75, 3.05) is 18.5 Å². The zero-order valence-corrected chi connectivity index (χ0v) is 11.0. The average molecular weight is 275 g/mol. The van der Waals surface area contributed by atoms with E-state index in [1.165, 1.54) is 6.33 Å². The van der Waals surface area contributed by atoms with Crippen molar-refractivity contribution in [3.63, 3.8) is 0 Å². The smallest absolute Gasteiger partial charge is 0.226 e. The van der Waals surface area contributed by atoms with Gasteiger partial charge in [0.1, 0.15) is 25.0 Å². The van der Waals surface area contributed by atoms with E-state index in [0.717, 1.165) is 11.4 Å². The number of carbonyl (C=O) groups excluding carboxylic acids is 1. The average Bonchev–Trinajstić information content (AvgIpc) is 2.98. The summed E-state index contributed by atoms with van der Waals surface area (Å²) in [5, 5.41) is 6.74. The molecule has 7 heteroatoms. The van der Waals surface area contributed by atoms with Gasteiger partial charge in [-0.2, -0.15) is 5.10 Å². The van der Waals surface area contributed by atoms with Gasteiger partial charge in [0.05, 0.1) is 6.54 Å². The highest BCUT2D eigenvalue weighted by Crippen LogP contribution is 2.15. The largest absolute Gasteiger partial charge is 0.492 e. The Morgan fingerprint density at radius 2 is 2.15 bits per heavy atom. The van der Waals surface area contributed by atoms with Crippen LogP contribution in [0.4, 0.5) is 5.69 Å². The van der Waals surface area contributed by atoms with Gasteiger partial charge in [0.25, 0.3) is 0 Å². The number of aromatic nitrogens is 3. The molecule has 2 aromatic rings. The highest BCUT2D eigenvalue weighted by molar-refractivity contribution is 5.90. The molecule has 0 aliphatic rings. The number of anilines is 1. The molecular weight excluding hydrogens is 258 g/mol. The van der Waals surface area contributed by atoms with Crippen LogP contribution >= 0.6 is 0 Å². The van der Waals surface area contributed by atoms with E-state index in [2.05, 4.69) is 15.4 Å². The van der Waals surface area contributed by atoms with E-state index >= 15 is 0 Å². The summed E-state index contributed by atoms with van der Waals surface area (Å²) in [6.45, 7) is 1.45. The van der Waals surface area contributed by atoms with Gasteiger partial charge in [0.15, 0.2) is 0 Å². The van der Waals surface area contributed by atoms with E-state index < -0.39 is 0 Å². The van der Waals surface area contributed by atoms with E-state index in [0.29, 0.717) is 26.1 Å². The van der Waals surface area contributed by atoms with Crippen molar-refractivity contribution < 1.29 is 9.53 Å². The summed E-state index contributed by atoms with van der Waals surface area (Å²) in [6.07, 6.45) is 3.36. The lowest BCUT2D eigenvalue weighted by Gasteiger charge is -2.07. The number of ether oxygens (including phenoxy) is 1. The van der Waals surface area contributed by atoms with Crippen LogP contribution in [0.15, 0.2) is 36.9 Å². The first-order valence-electron chi connectivity index (χ1n) is 6.33. The number of hydrogen-bond acceptors (Lipinski definition) is 5. The van der Waals surface area contributed by atoms with Crippen LogP contribution < -0.4 is 15.8 Å². The molecule has 0 aliphatic carbocycles. The Bertz CT molecular complexity index is 524. The van der Waals surface area contributed by atoms with Gasteiger partial charge in [-0.25, -0.2) is 4.98 Å². The van der Waals surface area contributed by atoms with Gasteiger partial charge < -0.3 is 15.8 Å². The first-order chi connectivity index (χ1) is 9.78. The maximum atomic E-state index is 11.7. The Morgan fingerprint density at radius 3 is 2.80 bits per heavy atom. The summed E-state index contributed by atoms with van der Waals surface area (Å²) in [7, 11) is 0. The maximum absolute atomic E-state index is 11.7. The van der Waals surface area contributed by atoms with E-state index in [1.807, 2.05) is 0 Å². The van der Waals surface area contributed by atoms with E-state index in [-0.39, 0.29) is 5.91 Å². The third-order valence-electron chi connectivity index (χ3n) is 2.56. The molecule has 0 spiro atoms. The number of carbonyl (C=O) groups is 1. The molecule has 0 radical (unpaired) electrons. The highest BCUT2D eigenvalue weighted by Gasteiger charge is 2.03. The Hall–Kier alpha value is -2.41. The van der Waals surface area contributed by atoms with Crippen LogP contribution in [0.2, 0.25) is 0 Å². The molecule has 1 amide bonds. The summed E-state index contributed by atoms with van der Waals surface area (Å²) in [5.41, 5.74) is 6.08. The molecule has 0 unspecified atom stereocenters. The van der Waals surface area contributed by atoms with E-state index in [4.69, 9.17) is 10.5 Å². The molecule has 7 nitrogen and oxygen atoms in total. The second kappa shape index (κ2) is 7.25. The highest BCUT2D eigenvalue weighted by atomic mass is 16.5. The molecule has 1 aromatic heterocycles. The predicted octanol–water partition coefficient (Wildman–Crippen LogP) is 0.644. The molecule has 106 valence electrons. The fraction of sp³-hybridized carbons (Fsp3) is 0.308. The van der Waals surface area contributed by atoms with Crippen molar-refractivity contribution in [1.29, 1.82) is 0 Å². The van der Waals surface area contributed by atoms with Crippen molar-refractivity contribution in [3.8, 4) is 5.75 Å². The number of rotatable bonds is 7. The lowest BCUT2D eigenvalue weighted by molar-refractivity contribution is -0.116. The van der Waals surface area contributed by atoms with E-state index in [1.54, 1.807) is 35.3 Å². The molecule has 20 heavy (non-hydrogen) atoms. The summed E-state index contributed by atoms with van der Waals surface area (Å²) >= 11 is 0. The van der Waals surface area contributed by atoms with Crippen molar-refractivity contribution in [2.24, 2.45) is 5.73 Å². The van der Waals surface area contributed by atoms with Crippen molar-refractivity contribution >= 4 is 11.6 Å². The minimum Gasteiger partial charge on any atom is -0.492 e. The van der Waals surface area contributed by atoms with Gasteiger partial charge in [0.2, 0.25) is 5.91 Å². The Kier molecular flexibility index (Phi) is 5.08. The first-order valence-corrected chi connectivity index (χ1v) is 6.33. The van der Waals surface area contributed by atoms with Crippen molar-refractivity contribution in [2.45, 2.75) is 13.0 Å². The number of hydrogen-bond donors (Lipinski definition) is 2. The number of nitrogens with one attached hydrogen (secondary N) is 1. The minimum atomic E-state index is -0.0730. The molecule has 0 aliphatic heterocycles. The van der Waals surface area contributed by atoms with Crippen LogP contribution in [-0.2, 0) is 11.3 Å². The molecule has 0 atom stereocenters. The zero-order chi connectivity index (χ0) is 14.2. The van der Waals surface area contributed by atoms with Crippen molar-refractivity contribution in [1.82, 2.24) is 14.8 Å². The second-order valence-electron chi connectivity index (χ2n) is 4.12. The zero-order valence-electron chi connectivity index (χ0n) is 11.0. The number of nitrogens with two attached hydrogens (primary N) is 1. The fourth-order valence-corrected chi connectivity index (χ4v) is 1.60. The number of nitrogens with zero attached hydrogens (tertiary/aromatic N) is 3. The third kappa shape index (κ3) is 4.36. The quantitative estimate of drug-likeness (QED) is 0.773. The lowest BCUT2D eigenvalue weighted by Crippen LogP contribution is -2.14. The van der Waals surface area contributed by atoms with Crippen LogP contribution in [0.5, 0.6) is 5.75 Å². The fourth-order valence-electron chi connectivity index (χ4n) is 1.60. The van der Waals surface area contributed by atoms with Crippen LogP contribution in [-0.4, -0.2) is 33.8 Å². The third-order valence-corrected chi connectivity index (χ3v) is 2.56. The topological polar surface area (TPSA) is 95.1 Å². The first kappa shape index (κ1) is 14.0. The second-order valence-corrected chi connectivity index (χ2v) is 4.12. The van der Waals surface area contributed by atoms with Gasteiger partial charge >= 0.3 is 0 Å². The van der Waals surface area contributed by atoms with Gasteiger partial charge in [-0.3, -0.25) is 9.48 Å². The normalized spacial score (nSPS) is 10.2. The number of aryl methyl sites for hydroxylation is 1. The van der Waals surface area contributed by atoms with Gasteiger partial charge in [0, 0.05) is 18.7 Å². The van der Waals surface area contributed by atoms with Gasteiger partial charge in [-0.15, -0.1) is 0 Å². The summed E-state index contributed by atoms with van der Waals surface area (Å²) in [5.74, 6) is 0.659. The summed E-state index contributed by atoms with van der Waals surface area (Å²) in [6, 6.07) is 7.17. The van der Waals surface area contributed by atoms with E-state index in [9.17, 15) is 4.79 Å². The van der Waals surface area contributed by atoms with Gasteiger partial charge in [-0.05, 0) is 24.3 Å². The molecule has 2 rings (SSSR count). The van der Waals surface area contributed by atoms with Gasteiger partial charge in [-0.1, -0.05) is 0 Å². The molecule has 0 saturated heterocycles. The monoisotopic (exact) mass is 275 g/mol. The number of benzene rings is 1.